The quantitative estimate of drug-likeness (QED) is 0.924. The molecule has 0 bridgehead atoms. The lowest BCUT2D eigenvalue weighted by Gasteiger charge is -2.46. The first-order valence-corrected chi connectivity index (χ1v) is 7.00. The summed E-state index contributed by atoms with van der Waals surface area (Å²) in [5, 5.41) is 9.54. The second kappa shape index (κ2) is 4.21. The predicted molar refractivity (Wildman–Crippen MR) is 72.5 cm³/mol. The van der Waals surface area contributed by atoms with Crippen molar-refractivity contribution in [2.75, 3.05) is 20.3 Å². The first kappa shape index (κ1) is 12.9. The zero-order chi connectivity index (χ0) is 13.7. The van der Waals surface area contributed by atoms with Crippen LogP contribution in [0.2, 0.25) is 0 Å². The van der Waals surface area contributed by atoms with E-state index in [1.807, 2.05) is 18.2 Å². The van der Waals surface area contributed by atoms with E-state index >= 15 is 0 Å². The van der Waals surface area contributed by atoms with Crippen molar-refractivity contribution in [1.82, 2.24) is 0 Å². The molecule has 4 nitrogen and oxygen atoms in total. The lowest BCUT2D eigenvalue weighted by Crippen LogP contribution is -2.56. The van der Waals surface area contributed by atoms with Crippen LogP contribution in [0, 0.1) is 5.41 Å². The molecule has 0 amide bonds. The van der Waals surface area contributed by atoms with Crippen LogP contribution in [0.1, 0.15) is 18.4 Å². The van der Waals surface area contributed by atoms with E-state index in [0.717, 1.165) is 28.6 Å². The van der Waals surface area contributed by atoms with Crippen LogP contribution in [0.25, 0.3) is 0 Å². The summed E-state index contributed by atoms with van der Waals surface area (Å²) < 4.78 is 11.4. The Morgan fingerprint density at radius 2 is 2.11 bits per heavy atom. The molecule has 3 rings (SSSR count). The number of hydrogen-bond donors (Lipinski definition) is 1. The largest absolute Gasteiger partial charge is 0.496 e. The van der Waals surface area contributed by atoms with Crippen molar-refractivity contribution in [3.63, 3.8) is 0 Å². The first-order chi connectivity index (χ1) is 9.06. The van der Waals surface area contributed by atoms with E-state index in [1.54, 1.807) is 7.11 Å². The maximum Gasteiger partial charge on any atom is 0.310 e. The number of halogens is 1. The average molecular weight is 327 g/mol. The van der Waals surface area contributed by atoms with Crippen molar-refractivity contribution in [1.29, 1.82) is 0 Å². The van der Waals surface area contributed by atoms with Crippen LogP contribution in [-0.4, -0.2) is 31.4 Å². The van der Waals surface area contributed by atoms with Gasteiger partial charge in [0.2, 0.25) is 0 Å². The highest BCUT2D eigenvalue weighted by Gasteiger charge is 2.68. The van der Waals surface area contributed by atoms with Gasteiger partial charge in [0.25, 0.3) is 0 Å². The van der Waals surface area contributed by atoms with Crippen molar-refractivity contribution >= 4 is 21.9 Å². The van der Waals surface area contributed by atoms with Crippen LogP contribution in [-0.2, 0) is 14.9 Å². The maximum absolute atomic E-state index is 11.6. The first-order valence-electron chi connectivity index (χ1n) is 6.21. The van der Waals surface area contributed by atoms with E-state index in [9.17, 15) is 9.90 Å². The second-order valence-electron chi connectivity index (χ2n) is 5.31. The molecule has 0 aromatic heterocycles. The van der Waals surface area contributed by atoms with Crippen LogP contribution in [0.3, 0.4) is 0 Å². The number of carboxylic acids is 1. The Labute approximate surface area is 119 Å². The Balaban J connectivity index is 2.04. The molecule has 1 heterocycles. The molecule has 1 aromatic carbocycles. The lowest BCUT2D eigenvalue weighted by molar-refractivity contribution is -0.161. The summed E-state index contributed by atoms with van der Waals surface area (Å²) in [5.41, 5.74) is -0.00118. The van der Waals surface area contributed by atoms with Gasteiger partial charge in [-0.3, -0.25) is 4.79 Å². The number of aliphatic carboxylic acids is 1. The molecule has 102 valence electrons. The van der Waals surface area contributed by atoms with Gasteiger partial charge in [0, 0.05) is 0 Å². The molecule has 0 radical (unpaired) electrons. The highest BCUT2D eigenvalue weighted by atomic mass is 79.9. The van der Waals surface area contributed by atoms with Crippen molar-refractivity contribution < 1.29 is 19.4 Å². The summed E-state index contributed by atoms with van der Waals surface area (Å²) in [6.07, 6.45) is 1.46. The Kier molecular flexibility index (Phi) is 2.87. The van der Waals surface area contributed by atoms with Crippen LogP contribution >= 0.6 is 15.9 Å². The van der Waals surface area contributed by atoms with E-state index in [1.165, 1.54) is 0 Å². The summed E-state index contributed by atoms with van der Waals surface area (Å²) in [7, 11) is 1.61. The van der Waals surface area contributed by atoms with E-state index in [4.69, 9.17) is 9.47 Å². The van der Waals surface area contributed by atoms with Gasteiger partial charge >= 0.3 is 5.97 Å². The monoisotopic (exact) mass is 326 g/mol. The fourth-order valence-corrected chi connectivity index (χ4v) is 3.55. The summed E-state index contributed by atoms with van der Waals surface area (Å²) in [4.78, 5) is 11.6. The molecule has 1 saturated carbocycles. The molecular weight excluding hydrogens is 312 g/mol. The maximum atomic E-state index is 11.6. The summed E-state index contributed by atoms with van der Waals surface area (Å²) >= 11 is 3.46. The molecule has 19 heavy (non-hydrogen) atoms. The SMILES string of the molecule is COc1ccc(C2(C3(C(=O)O)CC3)COC2)cc1Br. The third kappa shape index (κ3) is 1.64. The number of methoxy groups -OCH3 is 1. The molecule has 0 atom stereocenters. The van der Waals surface area contributed by atoms with Crippen LogP contribution in [0.4, 0.5) is 0 Å². The average Bonchev–Trinajstić information content (AvgIpc) is 3.10. The fourth-order valence-electron chi connectivity index (χ4n) is 3.01. The van der Waals surface area contributed by atoms with Crippen molar-refractivity contribution in [2.45, 2.75) is 18.3 Å². The molecule has 2 fully saturated rings. The van der Waals surface area contributed by atoms with E-state index < -0.39 is 11.4 Å². The summed E-state index contributed by atoms with van der Waals surface area (Å²) in [6.45, 7) is 0.968. The molecule has 1 aliphatic carbocycles. The molecule has 1 aliphatic heterocycles. The molecular formula is C14H15BrO4. The molecule has 1 saturated heterocycles. The van der Waals surface area contributed by atoms with Gasteiger partial charge in [-0.25, -0.2) is 0 Å². The zero-order valence-electron chi connectivity index (χ0n) is 10.6. The van der Waals surface area contributed by atoms with Gasteiger partial charge in [-0.15, -0.1) is 0 Å². The van der Waals surface area contributed by atoms with Crippen LogP contribution < -0.4 is 4.74 Å². The van der Waals surface area contributed by atoms with Crippen molar-refractivity contribution in [3.05, 3.63) is 28.2 Å². The smallest absolute Gasteiger partial charge is 0.310 e. The van der Waals surface area contributed by atoms with Gasteiger partial charge in [0.05, 0.1) is 35.6 Å². The van der Waals surface area contributed by atoms with Crippen LogP contribution in [0.5, 0.6) is 5.75 Å². The molecule has 2 aliphatic rings. The predicted octanol–water partition coefficient (Wildman–Crippen LogP) is 2.59. The van der Waals surface area contributed by atoms with Gasteiger partial charge < -0.3 is 14.6 Å². The Morgan fingerprint density at radius 3 is 2.47 bits per heavy atom. The second-order valence-corrected chi connectivity index (χ2v) is 6.17. The standard InChI is InChI=1S/C14H15BrO4/c1-18-11-3-2-9(6-10(11)15)14(7-19-8-14)13(4-5-13)12(16)17/h2-3,6H,4-5,7-8H2,1H3,(H,16,17). The van der Waals surface area contributed by atoms with Gasteiger partial charge in [-0.05, 0) is 46.5 Å². The Bertz CT molecular complexity index is 532. The molecule has 0 unspecified atom stereocenters. The number of hydrogen-bond acceptors (Lipinski definition) is 3. The zero-order valence-corrected chi connectivity index (χ0v) is 12.2. The van der Waals surface area contributed by atoms with Gasteiger partial charge in [0.1, 0.15) is 5.75 Å². The minimum absolute atomic E-state index is 0.381. The minimum atomic E-state index is -0.706. The Morgan fingerprint density at radius 1 is 1.42 bits per heavy atom. The summed E-state index contributed by atoms with van der Waals surface area (Å²) in [6, 6.07) is 5.79. The fraction of sp³-hybridized carbons (Fsp3) is 0.500. The Hall–Kier alpha value is -1.07. The number of rotatable bonds is 4. The number of carboxylic acid groups (broad SMARTS) is 1. The van der Waals surface area contributed by atoms with Gasteiger partial charge in [-0.2, -0.15) is 0 Å². The normalized spacial score (nSPS) is 22.4. The summed E-state index contributed by atoms with van der Waals surface area (Å²) in [5.74, 6) is 0.0436. The van der Waals surface area contributed by atoms with Gasteiger partial charge in [-0.1, -0.05) is 6.07 Å². The minimum Gasteiger partial charge on any atom is -0.496 e. The third-order valence-corrected chi connectivity index (χ3v) is 5.10. The van der Waals surface area contributed by atoms with E-state index in [-0.39, 0.29) is 5.41 Å². The third-order valence-electron chi connectivity index (χ3n) is 4.48. The van der Waals surface area contributed by atoms with E-state index in [2.05, 4.69) is 15.9 Å². The topological polar surface area (TPSA) is 55.8 Å². The number of carbonyl (C=O) groups is 1. The van der Waals surface area contributed by atoms with Crippen LogP contribution in [0.15, 0.2) is 22.7 Å². The number of benzene rings is 1. The highest BCUT2D eigenvalue weighted by Crippen LogP contribution is 2.62. The molecule has 0 spiro atoms. The molecule has 1 N–H and O–H groups in total. The number of ether oxygens (including phenoxy) is 2. The lowest BCUT2D eigenvalue weighted by atomic mass is 9.66. The molecule has 5 heteroatoms. The van der Waals surface area contributed by atoms with Gasteiger partial charge in [0.15, 0.2) is 0 Å². The van der Waals surface area contributed by atoms with Crippen molar-refractivity contribution in [3.8, 4) is 5.75 Å². The van der Waals surface area contributed by atoms with E-state index in [0.29, 0.717) is 13.2 Å². The highest BCUT2D eigenvalue weighted by molar-refractivity contribution is 9.10. The van der Waals surface area contributed by atoms with Crippen molar-refractivity contribution in [2.24, 2.45) is 5.41 Å². The molecule has 1 aromatic rings.